The third-order valence-electron chi connectivity index (χ3n) is 4.89. The van der Waals surface area contributed by atoms with Gasteiger partial charge in [0.05, 0.1) is 0 Å². The van der Waals surface area contributed by atoms with Crippen molar-refractivity contribution in [3.8, 4) is 11.3 Å². The van der Waals surface area contributed by atoms with Crippen LogP contribution in [0.1, 0.15) is 38.4 Å². The number of carbonyl (C=O) groups excluding carboxylic acids is 2. The van der Waals surface area contributed by atoms with Gasteiger partial charge in [0.15, 0.2) is 12.0 Å². The van der Waals surface area contributed by atoms with Crippen LogP contribution < -0.4 is 35.3 Å². The van der Waals surface area contributed by atoms with Gasteiger partial charge in [0.1, 0.15) is 5.69 Å². The third-order valence-corrected chi connectivity index (χ3v) is 4.89. The first-order valence-electron chi connectivity index (χ1n) is 10.1. The number of carbonyl (C=O) groups is 2. The van der Waals surface area contributed by atoms with Crippen molar-refractivity contribution in [3.05, 3.63) is 84.4 Å². The summed E-state index contributed by atoms with van der Waals surface area (Å²) in [5.41, 5.74) is 10.1. The first-order valence-corrected chi connectivity index (χ1v) is 10.1. The Kier molecular flexibility index (Phi) is 15.2. The smallest absolute Gasteiger partial charge is 0.400 e. The molecule has 0 bridgehead atoms. The van der Waals surface area contributed by atoms with Gasteiger partial charge >= 0.3 is 29.6 Å². The number of benzene rings is 2. The molecule has 0 fully saturated rings. The molecule has 7 nitrogen and oxygen atoms in total. The number of hydrogen-bond acceptors (Lipinski definition) is 6. The number of aliphatic hydroxyl groups excluding tert-OH is 1. The van der Waals surface area contributed by atoms with Gasteiger partial charge < -0.3 is 27.7 Å². The molecule has 0 atom stereocenters. The summed E-state index contributed by atoms with van der Waals surface area (Å²) in [6, 6.07) is 17.2. The van der Waals surface area contributed by atoms with E-state index in [-0.39, 0.29) is 48.6 Å². The van der Waals surface area contributed by atoms with E-state index in [1.165, 1.54) is 19.3 Å². The molecule has 172 valence electrons. The molecule has 0 unspecified atom stereocenters. The quantitative estimate of drug-likeness (QED) is 0.324. The van der Waals surface area contributed by atoms with Crippen LogP contribution in [-0.4, -0.2) is 54.6 Å². The molecule has 1 aliphatic carbocycles. The second-order valence-electron chi connectivity index (χ2n) is 6.95. The zero-order chi connectivity index (χ0) is 22.6. The van der Waals surface area contributed by atoms with E-state index in [1.807, 2.05) is 0 Å². The van der Waals surface area contributed by atoms with Crippen LogP contribution in [0.2, 0.25) is 0 Å². The maximum Gasteiger partial charge on any atom is 1.00 e. The fraction of sp³-hybridized carbons (Fsp3) is 0.280. The number of aryl methyl sites for hydroxylation is 2. The van der Waals surface area contributed by atoms with E-state index in [1.54, 1.807) is 53.4 Å². The van der Waals surface area contributed by atoms with Crippen LogP contribution >= 0.6 is 0 Å². The van der Waals surface area contributed by atoms with E-state index in [9.17, 15) is 9.59 Å². The maximum atomic E-state index is 12.0. The van der Waals surface area contributed by atoms with Crippen molar-refractivity contribution in [2.45, 2.75) is 19.3 Å². The van der Waals surface area contributed by atoms with Gasteiger partial charge in [-0.05, 0) is 42.5 Å². The van der Waals surface area contributed by atoms with Gasteiger partial charge in [0.25, 0.3) is 5.91 Å². The minimum Gasteiger partial charge on any atom is -0.400 e. The van der Waals surface area contributed by atoms with E-state index in [4.69, 9.17) is 15.4 Å². The number of fused-ring (bicyclic) bond motifs is 1. The van der Waals surface area contributed by atoms with E-state index >= 15 is 0 Å². The summed E-state index contributed by atoms with van der Waals surface area (Å²) < 4.78 is 5.03. The summed E-state index contributed by atoms with van der Waals surface area (Å²) in [6.07, 6.45) is 4.58. The van der Waals surface area contributed by atoms with Gasteiger partial charge in [-0.3, -0.25) is 9.59 Å². The van der Waals surface area contributed by atoms with Crippen molar-refractivity contribution in [3.63, 3.8) is 0 Å². The normalized spacial score (nSPS) is 10.7. The number of hydrogen-bond donors (Lipinski definition) is 2. The number of aromatic nitrogens is 1. The summed E-state index contributed by atoms with van der Waals surface area (Å²) in [5.74, 6) is 0.398. The van der Waals surface area contributed by atoms with Gasteiger partial charge in [0, 0.05) is 44.4 Å². The molecule has 1 heterocycles. The molecular weight excluding hydrogens is 429 g/mol. The van der Waals surface area contributed by atoms with Crippen LogP contribution in [0, 0.1) is 7.43 Å². The molecule has 0 saturated carbocycles. The molecule has 1 aliphatic rings. The van der Waals surface area contributed by atoms with Crippen LogP contribution in [0.4, 0.5) is 0 Å². The Bertz CT molecular complexity index is 951. The van der Waals surface area contributed by atoms with Crippen LogP contribution in [0.5, 0.6) is 0 Å². The van der Waals surface area contributed by atoms with E-state index in [0.29, 0.717) is 30.7 Å². The summed E-state index contributed by atoms with van der Waals surface area (Å²) in [5, 5.41) is 10.6. The summed E-state index contributed by atoms with van der Waals surface area (Å²) >= 11 is 0. The van der Waals surface area contributed by atoms with Crippen LogP contribution in [0.3, 0.4) is 0 Å². The number of aliphatic hydroxyl groups is 1. The van der Waals surface area contributed by atoms with Gasteiger partial charge in [-0.2, -0.15) is 0 Å². The Morgan fingerprint density at radius 2 is 1.70 bits per heavy atom. The SMILES string of the molecule is CN(CCN)C(=O)c1ccc(-c2cc(C=O)no2)cc1.CO.[CH3-].[Na+].c1ccc2c(c1)CCC2. The minimum absolute atomic E-state index is 0. The monoisotopic (exact) mass is 461 g/mol. The van der Waals surface area contributed by atoms with Gasteiger partial charge in [0.2, 0.25) is 0 Å². The molecule has 33 heavy (non-hydrogen) atoms. The fourth-order valence-electron chi connectivity index (χ4n) is 3.29. The number of likely N-dealkylation sites (N-methyl/N-ethyl adjacent to an activating group) is 1. The number of aldehydes is 1. The van der Waals surface area contributed by atoms with Gasteiger partial charge in [-0.15, -0.1) is 0 Å². The van der Waals surface area contributed by atoms with Crippen molar-refractivity contribution in [1.29, 1.82) is 0 Å². The summed E-state index contributed by atoms with van der Waals surface area (Å²) in [4.78, 5) is 24.1. The largest absolute Gasteiger partial charge is 1.00 e. The summed E-state index contributed by atoms with van der Waals surface area (Å²) in [7, 11) is 2.70. The molecule has 8 heteroatoms. The predicted molar refractivity (Wildman–Crippen MR) is 126 cm³/mol. The van der Waals surface area contributed by atoms with Crippen LogP contribution in [0.25, 0.3) is 11.3 Å². The molecule has 4 rings (SSSR count). The van der Waals surface area contributed by atoms with Crippen molar-refractivity contribution in [2.75, 3.05) is 27.2 Å². The average Bonchev–Trinajstić information content (AvgIpc) is 3.50. The molecule has 2 aromatic carbocycles. The molecule has 1 aromatic heterocycles. The zero-order valence-corrected chi connectivity index (χ0v) is 22.0. The zero-order valence-electron chi connectivity index (χ0n) is 20.0. The fourth-order valence-corrected chi connectivity index (χ4v) is 3.29. The van der Waals surface area contributed by atoms with Crippen LogP contribution in [-0.2, 0) is 12.8 Å². The Balaban J connectivity index is 0.000000661. The Morgan fingerprint density at radius 3 is 2.18 bits per heavy atom. The molecule has 0 saturated heterocycles. The number of amides is 1. The molecule has 0 spiro atoms. The Labute approximate surface area is 218 Å². The Morgan fingerprint density at radius 1 is 1.12 bits per heavy atom. The van der Waals surface area contributed by atoms with E-state index in [2.05, 4.69) is 29.4 Å². The average molecular weight is 462 g/mol. The molecule has 0 radical (unpaired) electrons. The molecule has 0 aliphatic heterocycles. The Hall–Kier alpha value is -2.29. The first-order chi connectivity index (χ1) is 15.1. The maximum absolute atomic E-state index is 12.0. The second-order valence-corrected chi connectivity index (χ2v) is 6.95. The van der Waals surface area contributed by atoms with Crippen LogP contribution in [0.15, 0.2) is 59.1 Å². The standard InChI is InChI=1S/C14H15N3O3.C9H10.CH4O.CH3.Na/c1-17(7-6-15)14(19)11-4-2-10(3-5-11)13-8-12(9-18)16-20-13;1-2-5-9-7-3-6-8(9)4-1;1-2;;/h2-5,8-9H,6-7,15H2,1H3;1-2,4-5H,3,6-7H2;2H,1H3;1H3;/q;;;-1;+1. The molecule has 3 N–H and O–H groups in total. The van der Waals surface area contributed by atoms with Crippen molar-refractivity contribution in [2.24, 2.45) is 5.73 Å². The van der Waals surface area contributed by atoms with E-state index in [0.717, 1.165) is 12.7 Å². The number of rotatable bonds is 5. The minimum atomic E-state index is -0.0897. The van der Waals surface area contributed by atoms with Crippen molar-refractivity contribution < 1.29 is 48.8 Å². The van der Waals surface area contributed by atoms with Gasteiger partial charge in [-0.1, -0.05) is 41.6 Å². The predicted octanol–water partition coefficient (Wildman–Crippen LogP) is 0.423. The van der Waals surface area contributed by atoms with Gasteiger partial charge in [-0.25, -0.2) is 0 Å². The number of nitrogens with two attached hydrogens (primary N) is 1. The molecule has 1 amide bonds. The topological polar surface area (TPSA) is 110 Å². The van der Waals surface area contributed by atoms with Crippen molar-refractivity contribution >= 4 is 12.2 Å². The number of nitrogens with zero attached hydrogens (tertiary/aromatic N) is 2. The molecule has 3 aromatic rings. The second kappa shape index (κ2) is 16.3. The molecular formula is C25H32N3NaO4. The third kappa shape index (κ3) is 8.87. The first kappa shape index (κ1) is 30.7. The van der Waals surface area contributed by atoms with E-state index < -0.39 is 0 Å². The summed E-state index contributed by atoms with van der Waals surface area (Å²) in [6.45, 7) is 0.929. The van der Waals surface area contributed by atoms with Crippen molar-refractivity contribution in [1.82, 2.24) is 10.1 Å².